The molecule has 1 aliphatic rings. The Morgan fingerprint density at radius 1 is 1.13 bits per heavy atom. The van der Waals surface area contributed by atoms with Crippen molar-refractivity contribution in [3.8, 4) is 5.75 Å². The predicted octanol–water partition coefficient (Wildman–Crippen LogP) is 4.38. The third-order valence-corrected chi connectivity index (χ3v) is 4.35. The zero-order chi connectivity index (χ0) is 15.7. The molecule has 0 bridgehead atoms. The number of ether oxygens (including phenoxy) is 1. The van der Waals surface area contributed by atoms with Gasteiger partial charge in [0.25, 0.3) is 0 Å². The molecule has 0 aliphatic carbocycles. The van der Waals surface area contributed by atoms with E-state index in [0.29, 0.717) is 6.54 Å². The summed E-state index contributed by atoms with van der Waals surface area (Å²) in [5.41, 5.74) is 3.52. The second kappa shape index (κ2) is 7.24. The van der Waals surface area contributed by atoms with Gasteiger partial charge in [0, 0.05) is 19.1 Å². The Bertz CT molecular complexity index is 729. The van der Waals surface area contributed by atoms with E-state index in [0.717, 1.165) is 22.2 Å². The lowest BCUT2D eigenvalue weighted by atomic mass is 9.84. The third kappa shape index (κ3) is 3.31. The molecular weight excluding hydrogens is 331 g/mol. The number of methoxy groups -OCH3 is 1. The summed E-state index contributed by atoms with van der Waals surface area (Å²) in [6.45, 7) is 0.668. The molecule has 1 heterocycles. The Hall–Kier alpha value is -1.71. The minimum atomic E-state index is 0. The van der Waals surface area contributed by atoms with Crippen LogP contribution >= 0.6 is 24.0 Å². The van der Waals surface area contributed by atoms with Crippen LogP contribution in [0.25, 0.3) is 0 Å². The molecule has 5 heteroatoms. The number of hydrogen-bond donors (Lipinski definition) is 0. The summed E-state index contributed by atoms with van der Waals surface area (Å²) in [7, 11) is 5.74. The van der Waals surface area contributed by atoms with E-state index in [4.69, 9.17) is 21.3 Å². The molecule has 23 heavy (non-hydrogen) atoms. The van der Waals surface area contributed by atoms with Gasteiger partial charge in [-0.1, -0.05) is 35.9 Å². The maximum absolute atomic E-state index is 6.45. The maximum atomic E-state index is 6.45. The van der Waals surface area contributed by atoms with Gasteiger partial charge in [0.15, 0.2) is 0 Å². The molecule has 1 unspecified atom stereocenters. The molecule has 1 atom stereocenters. The molecule has 3 nitrogen and oxygen atoms in total. The summed E-state index contributed by atoms with van der Waals surface area (Å²) in [6, 6.07) is 14.2. The highest BCUT2D eigenvalue weighted by Gasteiger charge is 2.29. The Morgan fingerprint density at radius 3 is 2.52 bits per heavy atom. The summed E-state index contributed by atoms with van der Waals surface area (Å²) < 4.78 is 5.33. The van der Waals surface area contributed by atoms with E-state index in [1.165, 1.54) is 11.1 Å². The Labute approximate surface area is 148 Å². The number of amidine groups is 1. The fraction of sp³-hybridized carbons (Fsp3) is 0.278. The van der Waals surface area contributed by atoms with Crippen molar-refractivity contribution in [1.29, 1.82) is 0 Å². The number of aliphatic imine (C=N–C) groups is 1. The highest BCUT2D eigenvalue weighted by molar-refractivity contribution is 6.31. The van der Waals surface area contributed by atoms with E-state index < -0.39 is 0 Å². The summed E-state index contributed by atoms with van der Waals surface area (Å²) in [4.78, 5) is 6.84. The second-order valence-electron chi connectivity index (χ2n) is 5.59. The van der Waals surface area contributed by atoms with Crippen LogP contribution in [0.3, 0.4) is 0 Å². The first-order valence-corrected chi connectivity index (χ1v) is 7.62. The third-order valence-electron chi connectivity index (χ3n) is 4.01. The summed E-state index contributed by atoms with van der Waals surface area (Å²) >= 11 is 6.45. The van der Waals surface area contributed by atoms with Gasteiger partial charge in [0.1, 0.15) is 11.6 Å². The number of hydrogen-bond acceptors (Lipinski definition) is 3. The van der Waals surface area contributed by atoms with Crippen molar-refractivity contribution in [2.45, 2.75) is 12.5 Å². The van der Waals surface area contributed by atoms with Crippen molar-refractivity contribution >= 4 is 29.8 Å². The van der Waals surface area contributed by atoms with Crippen LogP contribution in [0.15, 0.2) is 47.5 Å². The Kier molecular flexibility index (Phi) is 5.55. The Morgan fingerprint density at radius 2 is 1.87 bits per heavy atom. The van der Waals surface area contributed by atoms with Crippen molar-refractivity contribution in [3.63, 3.8) is 0 Å². The van der Waals surface area contributed by atoms with Gasteiger partial charge < -0.3 is 9.64 Å². The van der Waals surface area contributed by atoms with Gasteiger partial charge in [-0.15, -0.1) is 12.4 Å². The SMILES string of the molecule is COc1ccc2c(c1)CN=C(N(C)C)C2c1ccccc1Cl.Cl. The predicted molar refractivity (Wildman–Crippen MR) is 98.4 cm³/mol. The van der Waals surface area contributed by atoms with E-state index >= 15 is 0 Å². The first kappa shape index (κ1) is 17.6. The summed E-state index contributed by atoms with van der Waals surface area (Å²) in [6.07, 6.45) is 0. The standard InChI is InChI=1S/C18H19ClN2O.ClH/c1-21(2)18-17(15-6-4-5-7-16(15)19)14-9-8-13(22-3)10-12(14)11-20-18;/h4-10,17H,11H2,1-3H3;1H. The number of halogens is 2. The van der Waals surface area contributed by atoms with Gasteiger partial charge in [0.2, 0.25) is 0 Å². The van der Waals surface area contributed by atoms with Crippen molar-refractivity contribution in [2.24, 2.45) is 4.99 Å². The highest BCUT2D eigenvalue weighted by atomic mass is 35.5. The highest BCUT2D eigenvalue weighted by Crippen LogP contribution is 2.38. The quantitative estimate of drug-likeness (QED) is 0.802. The number of likely N-dealkylation sites (N-methyl/N-ethyl adjacent to an activating group) is 1. The van der Waals surface area contributed by atoms with E-state index in [-0.39, 0.29) is 18.3 Å². The van der Waals surface area contributed by atoms with E-state index in [1.807, 2.05) is 38.4 Å². The molecule has 0 N–H and O–H groups in total. The van der Waals surface area contributed by atoms with Gasteiger partial charge in [-0.05, 0) is 34.9 Å². The number of benzene rings is 2. The van der Waals surface area contributed by atoms with Gasteiger partial charge in [-0.25, -0.2) is 0 Å². The Balaban J connectivity index is 0.00000192. The van der Waals surface area contributed by atoms with Crippen molar-refractivity contribution in [2.75, 3.05) is 21.2 Å². The molecule has 122 valence electrons. The first-order valence-electron chi connectivity index (χ1n) is 7.24. The van der Waals surface area contributed by atoms with E-state index in [2.05, 4.69) is 23.1 Å². The second-order valence-corrected chi connectivity index (χ2v) is 6.00. The van der Waals surface area contributed by atoms with Crippen molar-refractivity contribution in [3.05, 3.63) is 64.2 Å². The van der Waals surface area contributed by atoms with Gasteiger partial charge >= 0.3 is 0 Å². The molecule has 0 amide bonds. The minimum Gasteiger partial charge on any atom is -0.497 e. The van der Waals surface area contributed by atoms with Crippen molar-refractivity contribution in [1.82, 2.24) is 4.90 Å². The van der Waals surface area contributed by atoms with E-state index in [1.54, 1.807) is 7.11 Å². The van der Waals surface area contributed by atoms with Crippen LogP contribution in [0.1, 0.15) is 22.6 Å². The summed E-state index contributed by atoms with van der Waals surface area (Å²) in [5.74, 6) is 1.95. The lowest BCUT2D eigenvalue weighted by Gasteiger charge is -2.31. The maximum Gasteiger partial charge on any atom is 0.119 e. The molecule has 0 fully saturated rings. The number of nitrogens with zero attached hydrogens (tertiary/aromatic N) is 2. The van der Waals surface area contributed by atoms with Gasteiger partial charge in [-0.3, -0.25) is 4.99 Å². The van der Waals surface area contributed by atoms with Crippen molar-refractivity contribution < 1.29 is 4.74 Å². The van der Waals surface area contributed by atoms with Crippen LogP contribution in [-0.4, -0.2) is 31.9 Å². The molecule has 3 rings (SSSR count). The molecule has 1 aliphatic heterocycles. The number of fused-ring (bicyclic) bond motifs is 1. The average Bonchev–Trinajstić information content (AvgIpc) is 2.53. The molecular formula is C18H20Cl2N2O. The number of rotatable bonds is 2. The molecule has 0 radical (unpaired) electrons. The van der Waals surface area contributed by atoms with Crippen LogP contribution < -0.4 is 4.74 Å². The monoisotopic (exact) mass is 350 g/mol. The first-order chi connectivity index (χ1) is 10.6. The molecule has 0 saturated carbocycles. The van der Waals surface area contributed by atoms with Crippen LogP contribution in [-0.2, 0) is 6.54 Å². The van der Waals surface area contributed by atoms with Crippen LogP contribution in [0, 0.1) is 0 Å². The fourth-order valence-corrected chi connectivity index (χ4v) is 3.18. The molecule has 2 aromatic carbocycles. The fourth-order valence-electron chi connectivity index (χ4n) is 2.94. The lowest BCUT2D eigenvalue weighted by molar-refractivity contribution is 0.414. The molecule has 0 aromatic heterocycles. The van der Waals surface area contributed by atoms with Crippen LogP contribution in [0.2, 0.25) is 5.02 Å². The zero-order valence-corrected chi connectivity index (χ0v) is 15.0. The van der Waals surface area contributed by atoms with Gasteiger partial charge in [0.05, 0.1) is 19.6 Å². The molecule has 2 aromatic rings. The van der Waals surface area contributed by atoms with Crippen LogP contribution in [0.5, 0.6) is 5.75 Å². The largest absolute Gasteiger partial charge is 0.497 e. The average molecular weight is 351 g/mol. The molecule has 0 saturated heterocycles. The van der Waals surface area contributed by atoms with E-state index in [9.17, 15) is 0 Å². The lowest BCUT2D eigenvalue weighted by Crippen LogP contribution is -2.32. The van der Waals surface area contributed by atoms with Gasteiger partial charge in [-0.2, -0.15) is 0 Å². The molecule has 0 spiro atoms. The minimum absolute atomic E-state index is 0. The zero-order valence-electron chi connectivity index (χ0n) is 13.4. The smallest absolute Gasteiger partial charge is 0.119 e. The normalized spacial score (nSPS) is 16.0. The summed E-state index contributed by atoms with van der Waals surface area (Å²) in [5, 5.41) is 0.769. The topological polar surface area (TPSA) is 24.8 Å². The van der Waals surface area contributed by atoms with Crippen LogP contribution in [0.4, 0.5) is 0 Å².